The number of aromatic nitrogens is 2. The van der Waals surface area contributed by atoms with Gasteiger partial charge in [0.2, 0.25) is 0 Å². The maximum atomic E-state index is 12.5. The fourth-order valence-electron chi connectivity index (χ4n) is 2.81. The summed E-state index contributed by atoms with van der Waals surface area (Å²) in [5, 5.41) is 18.0. The quantitative estimate of drug-likeness (QED) is 0.566. The average Bonchev–Trinajstić information content (AvgIpc) is 3.15. The predicted molar refractivity (Wildman–Crippen MR) is 103 cm³/mol. The number of hydrogen-bond donors (Lipinski definition) is 2. The smallest absolute Gasteiger partial charge is 0.263 e. The highest BCUT2D eigenvalue weighted by atomic mass is 32.2. The summed E-state index contributed by atoms with van der Waals surface area (Å²) in [5.41, 5.74) is 1.87. The van der Waals surface area contributed by atoms with Crippen molar-refractivity contribution in [2.45, 2.75) is 4.90 Å². The molecule has 0 fully saturated rings. The second-order valence-corrected chi connectivity index (χ2v) is 7.66. The number of aromatic amines is 1. The van der Waals surface area contributed by atoms with Crippen LogP contribution in [-0.4, -0.2) is 18.6 Å². The van der Waals surface area contributed by atoms with Gasteiger partial charge in [-0.1, -0.05) is 42.5 Å². The van der Waals surface area contributed by atoms with Crippen LogP contribution in [0.5, 0.6) is 0 Å². The highest BCUT2D eigenvalue weighted by molar-refractivity contribution is 7.92. The molecule has 3 aromatic carbocycles. The molecule has 0 bridgehead atoms. The van der Waals surface area contributed by atoms with Crippen LogP contribution < -0.4 is 4.72 Å². The molecule has 27 heavy (non-hydrogen) atoms. The van der Waals surface area contributed by atoms with E-state index in [1.165, 1.54) is 18.2 Å². The van der Waals surface area contributed by atoms with Crippen LogP contribution in [0.1, 0.15) is 5.56 Å². The Balaban J connectivity index is 1.63. The van der Waals surface area contributed by atoms with Crippen LogP contribution in [0.3, 0.4) is 0 Å². The van der Waals surface area contributed by atoms with Gasteiger partial charge in [-0.25, -0.2) is 8.42 Å². The van der Waals surface area contributed by atoms with Crippen LogP contribution in [0.25, 0.3) is 22.0 Å². The third-order valence-corrected chi connectivity index (χ3v) is 5.50. The molecule has 0 spiro atoms. The Morgan fingerprint density at radius 3 is 2.56 bits per heavy atom. The fourth-order valence-corrected chi connectivity index (χ4v) is 3.85. The van der Waals surface area contributed by atoms with E-state index in [-0.39, 0.29) is 16.3 Å². The van der Waals surface area contributed by atoms with Crippen molar-refractivity contribution in [3.05, 3.63) is 78.4 Å². The van der Waals surface area contributed by atoms with Gasteiger partial charge in [-0.05, 0) is 35.0 Å². The minimum absolute atomic E-state index is 0.0109. The number of H-pyrrole nitrogens is 1. The molecule has 1 aromatic heterocycles. The average molecular weight is 374 g/mol. The summed E-state index contributed by atoms with van der Waals surface area (Å²) in [6.07, 6.45) is 0. The van der Waals surface area contributed by atoms with E-state index in [0.717, 1.165) is 16.3 Å². The molecule has 6 nitrogen and oxygen atoms in total. The molecule has 0 amide bonds. The van der Waals surface area contributed by atoms with Gasteiger partial charge in [0.05, 0.1) is 22.2 Å². The first kappa shape index (κ1) is 16.8. The zero-order valence-electron chi connectivity index (χ0n) is 14.0. The first-order valence-corrected chi connectivity index (χ1v) is 9.61. The van der Waals surface area contributed by atoms with E-state index in [0.29, 0.717) is 5.69 Å². The zero-order valence-corrected chi connectivity index (χ0v) is 14.9. The molecule has 0 aliphatic rings. The minimum atomic E-state index is -3.83. The molecule has 0 atom stereocenters. The second-order valence-electron chi connectivity index (χ2n) is 5.97. The van der Waals surface area contributed by atoms with Gasteiger partial charge >= 0.3 is 0 Å². The van der Waals surface area contributed by atoms with Crippen LogP contribution in [0.4, 0.5) is 5.82 Å². The van der Waals surface area contributed by atoms with Crippen LogP contribution in [0, 0.1) is 11.3 Å². The molecular weight excluding hydrogens is 360 g/mol. The molecule has 4 aromatic rings. The molecule has 7 heteroatoms. The number of sulfonamides is 1. The molecule has 4 rings (SSSR count). The van der Waals surface area contributed by atoms with Crippen LogP contribution in [0.2, 0.25) is 0 Å². The lowest BCUT2D eigenvalue weighted by Crippen LogP contribution is -2.13. The van der Waals surface area contributed by atoms with Gasteiger partial charge in [0.25, 0.3) is 10.0 Å². The highest BCUT2D eigenvalue weighted by Gasteiger charge is 2.16. The highest BCUT2D eigenvalue weighted by Crippen LogP contribution is 2.25. The van der Waals surface area contributed by atoms with Gasteiger partial charge in [-0.2, -0.15) is 10.4 Å². The molecule has 0 saturated heterocycles. The van der Waals surface area contributed by atoms with Crippen LogP contribution in [-0.2, 0) is 10.0 Å². The van der Waals surface area contributed by atoms with Crippen molar-refractivity contribution >= 4 is 26.6 Å². The summed E-state index contributed by atoms with van der Waals surface area (Å²) >= 11 is 0. The standard InChI is InChI=1S/C20H14N4O2S/c21-13-14-4-3-7-18(10-14)27(25,26)24-20-12-19(22-23-20)17-9-8-15-5-1-2-6-16(15)11-17/h1-12H,(H2,22,23,24). The normalized spacial score (nSPS) is 11.2. The zero-order chi connectivity index (χ0) is 18.9. The van der Waals surface area contributed by atoms with Crippen molar-refractivity contribution in [1.29, 1.82) is 5.26 Å². The minimum Gasteiger partial charge on any atom is -0.276 e. The molecule has 0 radical (unpaired) electrons. The van der Waals surface area contributed by atoms with Gasteiger partial charge in [-0.15, -0.1) is 0 Å². The lowest BCUT2D eigenvalue weighted by Gasteiger charge is -2.05. The van der Waals surface area contributed by atoms with Gasteiger partial charge in [0.1, 0.15) is 0 Å². The van der Waals surface area contributed by atoms with Gasteiger partial charge in [-0.3, -0.25) is 9.82 Å². The summed E-state index contributed by atoms with van der Waals surface area (Å²) in [4.78, 5) is 0.0109. The first-order chi connectivity index (χ1) is 13.0. The van der Waals surface area contributed by atoms with Gasteiger partial charge in [0.15, 0.2) is 5.82 Å². The fraction of sp³-hybridized carbons (Fsp3) is 0. The maximum absolute atomic E-state index is 12.5. The number of nitrogens with one attached hydrogen (secondary N) is 2. The number of nitrogens with zero attached hydrogens (tertiary/aromatic N) is 2. The van der Waals surface area contributed by atoms with Crippen molar-refractivity contribution in [3.63, 3.8) is 0 Å². The number of benzene rings is 3. The second kappa shape index (κ2) is 6.59. The van der Waals surface area contributed by atoms with E-state index in [2.05, 4.69) is 14.9 Å². The van der Waals surface area contributed by atoms with Crippen molar-refractivity contribution in [2.75, 3.05) is 4.72 Å². The summed E-state index contributed by atoms with van der Waals surface area (Å²) in [7, 11) is -3.83. The largest absolute Gasteiger partial charge is 0.276 e. The Labute approximate surface area is 156 Å². The number of nitriles is 1. The number of anilines is 1. The molecule has 0 aliphatic heterocycles. The molecular formula is C20H14N4O2S. The third kappa shape index (κ3) is 3.38. The monoisotopic (exact) mass is 374 g/mol. The van der Waals surface area contributed by atoms with Gasteiger partial charge < -0.3 is 0 Å². The summed E-state index contributed by atoms with van der Waals surface area (Å²) in [5.74, 6) is 0.181. The van der Waals surface area contributed by atoms with E-state index in [9.17, 15) is 8.42 Å². The van der Waals surface area contributed by atoms with Crippen LogP contribution >= 0.6 is 0 Å². The molecule has 1 heterocycles. The van der Waals surface area contributed by atoms with E-state index in [1.54, 1.807) is 12.1 Å². The first-order valence-electron chi connectivity index (χ1n) is 8.13. The Morgan fingerprint density at radius 2 is 1.74 bits per heavy atom. The number of hydrogen-bond acceptors (Lipinski definition) is 4. The maximum Gasteiger partial charge on any atom is 0.263 e. The molecule has 2 N–H and O–H groups in total. The van der Waals surface area contributed by atoms with E-state index >= 15 is 0 Å². The summed E-state index contributed by atoms with van der Waals surface area (Å²) in [6, 6.07) is 23.3. The summed E-state index contributed by atoms with van der Waals surface area (Å²) < 4.78 is 27.5. The third-order valence-electron chi connectivity index (χ3n) is 4.15. The van der Waals surface area contributed by atoms with Crippen molar-refractivity contribution < 1.29 is 8.42 Å². The number of fused-ring (bicyclic) bond motifs is 1. The van der Waals surface area contributed by atoms with Crippen molar-refractivity contribution in [2.24, 2.45) is 0 Å². The molecule has 0 saturated carbocycles. The predicted octanol–water partition coefficient (Wildman–Crippen LogP) is 3.90. The van der Waals surface area contributed by atoms with E-state index in [4.69, 9.17) is 5.26 Å². The number of rotatable bonds is 4. The SMILES string of the molecule is N#Cc1cccc(S(=O)(=O)Nc2cc(-c3ccc4ccccc4c3)[nH]n2)c1. The Kier molecular flexibility index (Phi) is 4.11. The van der Waals surface area contributed by atoms with E-state index < -0.39 is 10.0 Å². The van der Waals surface area contributed by atoms with Crippen molar-refractivity contribution in [3.8, 4) is 17.3 Å². The lowest BCUT2D eigenvalue weighted by molar-refractivity contribution is 0.601. The molecule has 132 valence electrons. The Bertz CT molecular complexity index is 1290. The summed E-state index contributed by atoms with van der Waals surface area (Å²) in [6.45, 7) is 0. The molecule has 0 unspecified atom stereocenters. The van der Waals surface area contributed by atoms with Gasteiger partial charge in [0, 0.05) is 11.6 Å². The van der Waals surface area contributed by atoms with Crippen LogP contribution in [0.15, 0.2) is 77.7 Å². The Morgan fingerprint density at radius 1 is 0.926 bits per heavy atom. The Hall–Kier alpha value is -3.63. The van der Waals surface area contributed by atoms with E-state index in [1.807, 2.05) is 48.5 Å². The van der Waals surface area contributed by atoms with Crippen molar-refractivity contribution in [1.82, 2.24) is 10.2 Å². The topological polar surface area (TPSA) is 98.6 Å². The lowest BCUT2D eigenvalue weighted by atomic mass is 10.1. The molecule has 0 aliphatic carbocycles.